The number of ether oxygens (including phenoxy) is 2. The highest BCUT2D eigenvalue weighted by molar-refractivity contribution is 7.91. The highest BCUT2D eigenvalue weighted by atomic mass is 32.2. The maximum atomic E-state index is 14.0. The molecule has 218 valence electrons. The molecular formula is C28H43N3O6S2. The monoisotopic (exact) mass is 581 g/mol. The van der Waals surface area contributed by atoms with Gasteiger partial charge in [0.15, 0.2) is 0 Å². The molecular weight excluding hydrogens is 538 g/mol. The number of aliphatic hydroxyl groups is 1. The van der Waals surface area contributed by atoms with Gasteiger partial charge >= 0.3 is 0 Å². The van der Waals surface area contributed by atoms with Crippen molar-refractivity contribution in [2.45, 2.75) is 62.5 Å². The summed E-state index contributed by atoms with van der Waals surface area (Å²) in [5.41, 5.74) is 1.30. The van der Waals surface area contributed by atoms with Crippen molar-refractivity contribution in [1.29, 1.82) is 0 Å². The summed E-state index contributed by atoms with van der Waals surface area (Å²) in [7, 11) is 1.74. The molecule has 3 rings (SSSR count). The number of nitrogens with zero attached hydrogens (tertiary/aromatic N) is 3. The molecule has 0 unspecified atom stereocenters. The van der Waals surface area contributed by atoms with Gasteiger partial charge in [-0.1, -0.05) is 13.0 Å². The van der Waals surface area contributed by atoms with Crippen molar-refractivity contribution in [3.05, 3.63) is 41.3 Å². The van der Waals surface area contributed by atoms with Gasteiger partial charge in [0.25, 0.3) is 15.9 Å². The number of fused-ring (bicyclic) bond motifs is 1. The van der Waals surface area contributed by atoms with Gasteiger partial charge in [0.2, 0.25) is 0 Å². The molecule has 1 aliphatic heterocycles. The summed E-state index contributed by atoms with van der Waals surface area (Å²) >= 11 is 1.18. The number of anilines is 1. The first-order valence-corrected chi connectivity index (χ1v) is 15.8. The van der Waals surface area contributed by atoms with Crippen LogP contribution >= 0.6 is 11.3 Å². The van der Waals surface area contributed by atoms with E-state index in [1.165, 1.54) is 15.6 Å². The minimum Gasteiger partial charge on any atom is -0.490 e. The van der Waals surface area contributed by atoms with Gasteiger partial charge < -0.3 is 24.4 Å². The average molecular weight is 582 g/mol. The van der Waals surface area contributed by atoms with Crippen LogP contribution in [0.15, 0.2) is 39.9 Å². The summed E-state index contributed by atoms with van der Waals surface area (Å²) in [5, 5.41) is 11.8. The SMILES string of the molecule is C[C@@H]1CCCCO[C@H](CN(C)S(=O)(=O)c2cccs2)[C@H](C)CN([C@@H](C)CO)C(=O)c2cc(N(C)C)ccc2O1. The maximum absolute atomic E-state index is 14.0. The number of aliphatic hydroxyl groups excluding tert-OH is 1. The number of likely N-dealkylation sites (N-methyl/N-ethyl adjacent to an activating group) is 1. The predicted octanol–water partition coefficient (Wildman–Crippen LogP) is 3.93. The summed E-state index contributed by atoms with van der Waals surface area (Å²) in [4.78, 5) is 17.6. The van der Waals surface area contributed by atoms with Crippen molar-refractivity contribution in [3.63, 3.8) is 0 Å². The van der Waals surface area contributed by atoms with Gasteiger partial charge in [-0.3, -0.25) is 4.79 Å². The Labute approximate surface area is 237 Å². The second-order valence-corrected chi connectivity index (χ2v) is 13.8. The lowest BCUT2D eigenvalue weighted by Crippen LogP contribution is -2.48. The van der Waals surface area contributed by atoms with Crippen LogP contribution < -0.4 is 9.64 Å². The molecule has 0 spiro atoms. The van der Waals surface area contributed by atoms with Crippen LogP contribution in [0.25, 0.3) is 0 Å². The van der Waals surface area contributed by atoms with E-state index >= 15 is 0 Å². The molecule has 4 atom stereocenters. The zero-order valence-corrected chi connectivity index (χ0v) is 25.5. The molecule has 0 aliphatic carbocycles. The van der Waals surface area contributed by atoms with Crippen LogP contribution in [0, 0.1) is 5.92 Å². The van der Waals surface area contributed by atoms with Crippen molar-refractivity contribution in [2.24, 2.45) is 5.92 Å². The van der Waals surface area contributed by atoms with E-state index in [2.05, 4.69) is 0 Å². The zero-order valence-electron chi connectivity index (χ0n) is 23.9. The molecule has 1 N–H and O–H groups in total. The number of carbonyl (C=O) groups is 1. The van der Waals surface area contributed by atoms with Crippen LogP contribution in [-0.2, 0) is 14.8 Å². The van der Waals surface area contributed by atoms with Crippen molar-refractivity contribution in [3.8, 4) is 5.75 Å². The number of thiophene rings is 1. The van der Waals surface area contributed by atoms with E-state index < -0.39 is 22.2 Å². The largest absolute Gasteiger partial charge is 0.490 e. The van der Waals surface area contributed by atoms with E-state index in [0.717, 1.165) is 24.9 Å². The number of benzene rings is 1. The molecule has 11 heteroatoms. The lowest BCUT2D eigenvalue weighted by atomic mass is 10.0. The zero-order chi connectivity index (χ0) is 28.7. The quantitative estimate of drug-likeness (QED) is 0.529. The summed E-state index contributed by atoms with van der Waals surface area (Å²) in [5.74, 6) is 0.0596. The van der Waals surface area contributed by atoms with E-state index in [0.29, 0.717) is 17.9 Å². The lowest BCUT2D eigenvalue weighted by molar-refractivity contribution is -0.00832. The smallest absolute Gasteiger partial charge is 0.258 e. The van der Waals surface area contributed by atoms with E-state index in [1.807, 2.05) is 51.0 Å². The topological polar surface area (TPSA) is 99.6 Å². The molecule has 1 aromatic carbocycles. The molecule has 1 amide bonds. The number of amides is 1. The normalized spacial score (nSPS) is 22.6. The number of sulfonamides is 1. The number of carbonyl (C=O) groups excluding carboxylic acids is 1. The van der Waals surface area contributed by atoms with Gasteiger partial charge in [-0.15, -0.1) is 11.3 Å². The molecule has 0 bridgehead atoms. The highest BCUT2D eigenvalue weighted by Gasteiger charge is 2.32. The van der Waals surface area contributed by atoms with E-state index in [-0.39, 0.29) is 41.8 Å². The van der Waals surface area contributed by atoms with Crippen molar-refractivity contribution >= 4 is 33.0 Å². The highest BCUT2D eigenvalue weighted by Crippen LogP contribution is 2.29. The molecule has 1 aliphatic rings. The van der Waals surface area contributed by atoms with E-state index in [9.17, 15) is 18.3 Å². The fourth-order valence-electron chi connectivity index (χ4n) is 4.57. The summed E-state index contributed by atoms with van der Waals surface area (Å²) in [6, 6.07) is 8.45. The molecule has 1 aromatic heterocycles. The fourth-order valence-corrected chi connectivity index (χ4v) is 6.95. The van der Waals surface area contributed by atoms with Crippen LogP contribution in [-0.4, -0.2) is 94.3 Å². The lowest BCUT2D eigenvalue weighted by Gasteiger charge is -2.35. The van der Waals surface area contributed by atoms with Crippen molar-refractivity contribution < 1.29 is 27.8 Å². The summed E-state index contributed by atoms with van der Waals surface area (Å²) in [6.45, 7) is 6.44. The number of rotatable bonds is 7. The Morgan fingerprint density at radius 1 is 1.18 bits per heavy atom. The third-order valence-corrected chi connectivity index (χ3v) is 10.3. The Morgan fingerprint density at radius 3 is 2.56 bits per heavy atom. The molecule has 0 radical (unpaired) electrons. The van der Waals surface area contributed by atoms with Gasteiger partial charge in [-0.05, 0) is 62.8 Å². The van der Waals surface area contributed by atoms with Crippen molar-refractivity contribution in [2.75, 3.05) is 52.3 Å². The first-order chi connectivity index (χ1) is 18.4. The standard InChI is InChI=1S/C28H43N3O6S2/c1-20-17-31(21(2)19-32)28(33)24-16-23(29(4)5)12-13-25(24)37-22(3)10-7-8-14-36-26(20)18-30(6)39(34,35)27-11-9-15-38-27/h9,11-13,15-16,20-22,26,32H,7-8,10,14,17-19H2,1-6H3/t20-,21+,22-,26-/m1/s1. The Bertz CT molecular complexity index is 1170. The third-order valence-electron chi connectivity index (χ3n) is 7.15. The molecule has 39 heavy (non-hydrogen) atoms. The van der Waals surface area contributed by atoms with Gasteiger partial charge in [-0.2, -0.15) is 4.31 Å². The minimum atomic E-state index is -3.65. The second-order valence-electron chi connectivity index (χ2n) is 10.6. The van der Waals surface area contributed by atoms with E-state index in [1.54, 1.807) is 36.4 Å². The molecule has 9 nitrogen and oxygen atoms in total. The van der Waals surface area contributed by atoms with Gasteiger partial charge in [-0.25, -0.2) is 8.42 Å². The Morgan fingerprint density at radius 2 is 1.92 bits per heavy atom. The molecule has 0 saturated carbocycles. The fraction of sp³-hybridized carbons (Fsp3) is 0.607. The molecule has 2 heterocycles. The van der Waals surface area contributed by atoms with Crippen LogP contribution in [0.1, 0.15) is 50.4 Å². The van der Waals surface area contributed by atoms with Gasteiger partial charge in [0, 0.05) is 52.4 Å². The number of hydrogen-bond donors (Lipinski definition) is 1. The molecule has 0 fully saturated rings. The summed E-state index contributed by atoms with van der Waals surface area (Å²) < 4.78 is 40.4. The predicted molar refractivity (Wildman–Crippen MR) is 155 cm³/mol. The average Bonchev–Trinajstić information content (AvgIpc) is 3.45. The Hall–Kier alpha value is -2.18. The van der Waals surface area contributed by atoms with Gasteiger partial charge in [0.05, 0.1) is 30.4 Å². The summed E-state index contributed by atoms with van der Waals surface area (Å²) in [6.07, 6.45) is 1.91. The van der Waals surface area contributed by atoms with Gasteiger partial charge in [0.1, 0.15) is 9.96 Å². The van der Waals surface area contributed by atoms with Crippen LogP contribution in [0.4, 0.5) is 5.69 Å². The third kappa shape index (κ3) is 7.94. The van der Waals surface area contributed by atoms with Crippen LogP contribution in [0.5, 0.6) is 5.75 Å². The van der Waals surface area contributed by atoms with Crippen LogP contribution in [0.3, 0.4) is 0 Å². The minimum absolute atomic E-state index is 0.106. The van der Waals surface area contributed by atoms with Crippen molar-refractivity contribution in [1.82, 2.24) is 9.21 Å². The molecule has 0 saturated heterocycles. The molecule has 2 aromatic rings. The number of hydrogen-bond acceptors (Lipinski definition) is 8. The van der Waals surface area contributed by atoms with E-state index in [4.69, 9.17) is 9.47 Å². The first kappa shape index (κ1) is 31.3. The Balaban J connectivity index is 1.96. The second kappa shape index (κ2) is 13.9. The maximum Gasteiger partial charge on any atom is 0.258 e. The Kier molecular flexibility index (Phi) is 11.2. The first-order valence-electron chi connectivity index (χ1n) is 13.5. The van der Waals surface area contributed by atoms with Crippen LogP contribution in [0.2, 0.25) is 0 Å².